The van der Waals surface area contributed by atoms with Crippen molar-refractivity contribution in [2.24, 2.45) is 0 Å². The molecule has 2 aromatic carbocycles. The zero-order chi connectivity index (χ0) is 18.9. The van der Waals surface area contributed by atoms with E-state index in [2.05, 4.69) is 27.8 Å². The number of carbonyl (C=O) groups is 1. The molecule has 0 spiro atoms. The predicted molar refractivity (Wildman–Crippen MR) is 107 cm³/mol. The molecular formula is C22H23N3O2. The molecule has 0 radical (unpaired) electrons. The minimum absolute atomic E-state index is 0.174. The first-order chi connectivity index (χ1) is 13.2. The maximum atomic E-state index is 12.2. The predicted octanol–water partition coefficient (Wildman–Crippen LogP) is 3.67. The van der Waals surface area contributed by atoms with E-state index in [1.807, 2.05) is 48.5 Å². The van der Waals surface area contributed by atoms with Gasteiger partial charge in [0.05, 0.1) is 19.0 Å². The molecule has 27 heavy (non-hydrogen) atoms. The highest BCUT2D eigenvalue weighted by Crippen LogP contribution is 2.13. The molecule has 0 saturated heterocycles. The van der Waals surface area contributed by atoms with Crippen LogP contribution in [0.25, 0.3) is 0 Å². The zero-order valence-electron chi connectivity index (χ0n) is 15.3. The summed E-state index contributed by atoms with van der Waals surface area (Å²) < 4.78 is 5.21. The molecule has 1 amide bonds. The van der Waals surface area contributed by atoms with Gasteiger partial charge >= 0.3 is 0 Å². The lowest BCUT2D eigenvalue weighted by molar-refractivity contribution is 0.0949. The van der Waals surface area contributed by atoms with Crippen molar-refractivity contribution < 1.29 is 9.53 Å². The molecule has 0 atom stereocenters. The number of carbonyl (C=O) groups excluding carboxylic acids is 1. The van der Waals surface area contributed by atoms with Crippen LogP contribution < -0.4 is 15.4 Å². The first-order valence-electron chi connectivity index (χ1n) is 8.89. The molecule has 0 saturated carbocycles. The number of anilines is 1. The fourth-order valence-electron chi connectivity index (χ4n) is 2.67. The van der Waals surface area contributed by atoms with Crippen LogP contribution in [0.2, 0.25) is 0 Å². The van der Waals surface area contributed by atoms with E-state index in [-0.39, 0.29) is 5.91 Å². The molecule has 0 aliphatic carbocycles. The average Bonchev–Trinajstić information content (AvgIpc) is 2.73. The lowest BCUT2D eigenvalue weighted by atomic mass is 10.1. The average molecular weight is 361 g/mol. The van der Waals surface area contributed by atoms with Crippen molar-refractivity contribution in [2.75, 3.05) is 19.0 Å². The number of nitrogens with zero attached hydrogens (tertiary/aromatic N) is 1. The Kier molecular flexibility index (Phi) is 6.41. The van der Waals surface area contributed by atoms with E-state index < -0.39 is 0 Å². The van der Waals surface area contributed by atoms with Gasteiger partial charge in [0.25, 0.3) is 5.91 Å². The van der Waals surface area contributed by atoms with Gasteiger partial charge in [-0.3, -0.25) is 4.79 Å². The van der Waals surface area contributed by atoms with E-state index >= 15 is 0 Å². The Morgan fingerprint density at radius 3 is 2.56 bits per heavy atom. The van der Waals surface area contributed by atoms with E-state index in [0.717, 1.165) is 23.4 Å². The maximum Gasteiger partial charge on any atom is 0.269 e. The molecule has 1 aromatic heterocycles. The summed E-state index contributed by atoms with van der Waals surface area (Å²) in [6, 6.07) is 21.6. The topological polar surface area (TPSA) is 63.2 Å². The Morgan fingerprint density at radius 2 is 1.81 bits per heavy atom. The molecule has 0 unspecified atom stereocenters. The first kappa shape index (κ1) is 18.5. The quantitative estimate of drug-likeness (QED) is 0.642. The fourth-order valence-corrected chi connectivity index (χ4v) is 2.67. The molecular weight excluding hydrogens is 338 g/mol. The van der Waals surface area contributed by atoms with Crippen LogP contribution in [0.3, 0.4) is 0 Å². The molecule has 0 aliphatic heterocycles. The van der Waals surface area contributed by atoms with E-state index in [1.165, 1.54) is 5.56 Å². The Morgan fingerprint density at radius 1 is 1.00 bits per heavy atom. The van der Waals surface area contributed by atoms with Gasteiger partial charge in [0.15, 0.2) is 0 Å². The maximum absolute atomic E-state index is 12.2. The lowest BCUT2D eigenvalue weighted by Gasteiger charge is -2.08. The van der Waals surface area contributed by atoms with Crippen LogP contribution in [-0.4, -0.2) is 24.5 Å². The molecule has 0 fully saturated rings. The van der Waals surface area contributed by atoms with Crippen LogP contribution in [0.4, 0.5) is 5.69 Å². The summed E-state index contributed by atoms with van der Waals surface area (Å²) in [5.41, 5.74) is 3.60. The highest BCUT2D eigenvalue weighted by atomic mass is 16.5. The lowest BCUT2D eigenvalue weighted by Crippen LogP contribution is -2.26. The van der Waals surface area contributed by atoms with E-state index in [9.17, 15) is 4.79 Å². The summed E-state index contributed by atoms with van der Waals surface area (Å²) in [5.74, 6) is 0.645. The van der Waals surface area contributed by atoms with Crippen LogP contribution in [0.5, 0.6) is 5.75 Å². The largest absolute Gasteiger partial charge is 0.497 e. The van der Waals surface area contributed by atoms with Crippen molar-refractivity contribution in [1.29, 1.82) is 0 Å². The standard InChI is InChI=1S/C22H23N3O2/c1-27-20-9-5-8-17(14-20)12-13-23-22(26)21-11-10-19(16-25-21)24-15-18-6-3-2-4-7-18/h2-11,14,16,24H,12-13,15H2,1H3,(H,23,26). The third kappa shape index (κ3) is 5.57. The highest BCUT2D eigenvalue weighted by Gasteiger charge is 2.07. The molecule has 0 bridgehead atoms. The van der Waals surface area contributed by atoms with Gasteiger partial charge < -0.3 is 15.4 Å². The highest BCUT2D eigenvalue weighted by molar-refractivity contribution is 5.92. The number of benzene rings is 2. The summed E-state index contributed by atoms with van der Waals surface area (Å²) in [7, 11) is 1.64. The van der Waals surface area contributed by atoms with Crippen LogP contribution in [-0.2, 0) is 13.0 Å². The third-order valence-electron chi connectivity index (χ3n) is 4.17. The number of amides is 1. The number of rotatable bonds is 8. The first-order valence-corrected chi connectivity index (χ1v) is 8.89. The summed E-state index contributed by atoms with van der Waals surface area (Å²) >= 11 is 0. The van der Waals surface area contributed by atoms with Gasteiger partial charge in [-0.15, -0.1) is 0 Å². The van der Waals surface area contributed by atoms with E-state index in [1.54, 1.807) is 19.4 Å². The van der Waals surface area contributed by atoms with Gasteiger partial charge in [-0.05, 0) is 41.8 Å². The normalized spacial score (nSPS) is 10.3. The van der Waals surface area contributed by atoms with Crippen molar-refractivity contribution in [3.8, 4) is 5.75 Å². The number of ether oxygens (including phenoxy) is 1. The van der Waals surface area contributed by atoms with Crippen molar-refractivity contribution in [1.82, 2.24) is 10.3 Å². The number of pyridine rings is 1. The Labute approximate surface area is 159 Å². The molecule has 5 heteroatoms. The third-order valence-corrected chi connectivity index (χ3v) is 4.17. The Balaban J connectivity index is 1.47. The van der Waals surface area contributed by atoms with Crippen LogP contribution in [0.15, 0.2) is 72.9 Å². The van der Waals surface area contributed by atoms with Crippen LogP contribution in [0, 0.1) is 0 Å². The van der Waals surface area contributed by atoms with Crippen molar-refractivity contribution in [2.45, 2.75) is 13.0 Å². The van der Waals surface area contributed by atoms with Crippen LogP contribution >= 0.6 is 0 Å². The van der Waals surface area contributed by atoms with Gasteiger partial charge in [0, 0.05) is 13.1 Å². The van der Waals surface area contributed by atoms with Gasteiger partial charge in [-0.1, -0.05) is 42.5 Å². The molecule has 3 rings (SSSR count). The molecule has 138 valence electrons. The second-order valence-electron chi connectivity index (χ2n) is 6.13. The van der Waals surface area contributed by atoms with Gasteiger partial charge in [-0.2, -0.15) is 0 Å². The molecule has 3 aromatic rings. The van der Waals surface area contributed by atoms with Crippen molar-refractivity contribution in [3.05, 3.63) is 89.7 Å². The number of nitrogens with one attached hydrogen (secondary N) is 2. The number of hydrogen-bond acceptors (Lipinski definition) is 4. The summed E-state index contributed by atoms with van der Waals surface area (Å²) in [6.07, 6.45) is 2.42. The molecule has 1 heterocycles. The monoisotopic (exact) mass is 361 g/mol. The molecule has 0 aliphatic rings. The Bertz CT molecular complexity index is 864. The summed E-state index contributed by atoms with van der Waals surface area (Å²) in [5, 5.41) is 6.20. The SMILES string of the molecule is COc1cccc(CCNC(=O)c2ccc(NCc3ccccc3)cn2)c1. The minimum atomic E-state index is -0.174. The van der Waals surface area contributed by atoms with Crippen molar-refractivity contribution >= 4 is 11.6 Å². The van der Waals surface area contributed by atoms with Crippen LogP contribution in [0.1, 0.15) is 21.6 Å². The van der Waals surface area contributed by atoms with Crippen molar-refractivity contribution in [3.63, 3.8) is 0 Å². The zero-order valence-corrected chi connectivity index (χ0v) is 15.3. The van der Waals surface area contributed by atoms with Gasteiger partial charge in [0.2, 0.25) is 0 Å². The van der Waals surface area contributed by atoms with Gasteiger partial charge in [-0.25, -0.2) is 4.98 Å². The fraction of sp³-hybridized carbons (Fsp3) is 0.182. The van der Waals surface area contributed by atoms with E-state index in [0.29, 0.717) is 18.8 Å². The van der Waals surface area contributed by atoms with E-state index in [4.69, 9.17) is 4.74 Å². The number of aromatic nitrogens is 1. The second-order valence-corrected chi connectivity index (χ2v) is 6.13. The number of methoxy groups -OCH3 is 1. The smallest absolute Gasteiger partial charge is 0.269 e. The Hall–Kier alpha value is -3.34. The summed E-state index contributed by atoms with van der Waals surface area (Å²) in [6.45, 7) is 1.26. The van der Waals surface area contributed by atoms with Gasteiger partial charge in [0.1, 0.15) is 11.4 Å². The molecule has 2 N–H and O–H groups in total. The minimum Gasteiger partial charge on any atom is -0.497 e. The molecule has 5 nitrogen and oxygen atoms in total. The number of hydrogen-bond donors (Lipinski definition) is 2. The summed E-state index contributed by atoms with van der Waals surface area (Å²) in [4.78, 5) is 16.5. The second kappa shape index (κ2) is 9.38.